The summed E-state index contributed by atoms with van der Waals surface area (Å²) >= 11 is 8.06. The molecule has 3 heterocycles. The average molecular weight is 1080 g/mol. The average Bonchev–Trinajstić information content (AvgIpc) is 3.82. The number of likely N-dealkylation sites (tertiary alicyclic amines) is 1. The van der Waals surface area contributed by atoms with Crippen LogP contribution in [0.2, 0.25) is 5.02 Å². The minimum atomic E-state index is -1.97. The van der Waals surface area contributed by atoms with Crippen molar-refractivity contribution in [2.24, 2.45) is 17.3 Å². The first-order chi connectivity index (χ1) is 36.4. The van der Waals surface area contributed by atoms with Crippen LogP contribution in [0.4, 0.5) is 14.5 Å². The molecule has 0 spiro atoms. The Labute approximate surface area is 454 Å². The number of alkyl halides is 1. The van der Waals surface area contributed by atoms with Crippen molar-refractivity contribution in [2.75, 3.05) is 25.1 Å². The molecule has 0 radical (unpaired) electrons. The monoisotopic (exact) mass is 1080 g/mol. The van der Waals surface area contributed by atoms with Gasteiger partial charge in [0.05, 0.1) is 45.9 Å². The number of ether oxygens (including phenoxy) is 2. The van der Waals surface area contributed by atoms with Crippen LogP contribution in [0, 0.1) is 30.0 Å². The molecule has 2 aliphatic carbocycles. The molecule has 4 amide bonds. The predicted molar refractivity (Wildman–Crippen MR) is 294 cm³/mol. The highest BCUT2D eigenvalue weighted by atomic mass is 35.5. The molecular formula is C59H73ClF2N6O7S. The van der Waals surface area contributed by atoms with E-state index in [1.165, 1.54) is 22.3 Å². The van der Waals surface area contributed by atoms with E-state index in [2.05, 4.69) is 25.9 Å². The maximum absolute atomic E-state index is 14.7. The van der Waals surface area contributed by atoms with Crippen LogP contribution in [0.3, 0.4) is 0 Å². The van der Waals surface area contributed by atoms with Gasteiger partial charge in [0, 0.05) is 54.3 Å². The first-order valence-electron chi connectivity index (χ1n) is 27.1. The second kappa shape index (κ2) is 25.2. The third-order valence-electron chi connectivity index (χ3n) is 15.4. The van der Waals surface area contributed by atoms with Gasteiger partial charge in [-0.2, -0.15) is 0 Å². The Kier molecular flexibility index (Phi) is 18.7. The van der Waals surface area contributed by atoms with Gasteiger partial charge in [0.25, 0.3) is 5.91 Å². The molecule has 408 valence electrons. The van der Waals surface area contributed by atoms with Gasteiger partial charge in [-0.3, -0.25) is 24.2 Å². The van der Waals surface area contributed by atoms with E-state index >= 15 is 0 Å². The van der Waals surface area contributed by atoms with Crippen LogP contribution in [0.5, 0.6) is 11.5 Å². The number of carbonyl (C=O) groups is 4. The third-order valence-corrected chi connectivity index (χ3v) is 16.7. The van der Waals surface area contributed by atoms with Gasteiger partial charge >= 0.3 is 0 Å². The van der Waals surface area contributed by atoms with E-state index in [-0.39, 0.29) is 55.9 Å². The van der Waals surface area contributed by atoms with Crippen molar-refractivity contribution < 1.29 is 42.5 Å². The van der Waals surface area contributed by atoms with Crippen molar-refractivity contribution in [1.82, 2.24) is 25.5 Å². The number of carbonyl (C=O) groups excluding carboxylic acids is 4. The molecule has 4 N–H and O–H groups in total. The lowest BCUT2D eigenvalue weighted by Gasteiger charge is -2.35. The van der Waals surface area contributed by atoms with E-state index in [0.717, 1.165) is 109 Å². The van der Waals surface area contributed by atoms with Gasteiger partial charge in [-0.05, 0) is 129 Å². The highest BCUT2D eigenvalue weighted by Crippen LogP contribution is 2.43. The summed E-state index contributed by atoms with van der Waals surface area (Å²) in [5.74, 6) is -0.552. The molecule has 17 heteroatoms. The SMILES string of the molecule is Cc1ncsc1-c1ccc(CNC(=O)[C@@H]2C[C@@H](O)CN2C(=O)[C@@H](NC(=O)C2(F)CC2)C(C)(C)C)c(OCCCCCCCCCOc2cc(NC(=O)[C@H](C)C3CCC(c4ccnc5ccc(F)cc45)CC3)ccc2Cl)c1. The summed E-state index contributed by atoms with van der Waals surface area (Å²) in [6.07, 6.45) is 11.6. The van der Waals surface area contributed by atoms with Gasteiger partial charge < -0.3 is 35.4 Å². The number of aliphatic hydroxyl groups is 1. The molecule has 1 saturated heterocycles. The fraction of sp³-hybridized carbons (Fsp3) is 0.525. The minimum absolute atomic E-state index is 0.0306. The second-order valence-electron chi connectivity index (χ2n) is 22.2. The van der Waals surface area contributed by atoms with E-state index < -0.39 is 47.0 Å². The number of unbranched alkanes of at least 4 members (excludes halogenated alkanes) is 6. The van der Waals surface area contributed by atoms with E-state index in [9.17, 15) is 33.1 Å². The Bertz CT molecular complexity index is 2850. The maximum atomic E-state index is 14.7. The largest absolute Gasteiger partial charge is 0.493 e. The van der Waals surface area contributed by atoms with Crippen LogP contribution in [0.25, 0.3) is 21.3 Å². The molecule has 3 fully saturated rings. The van der Waals surface area contributed by atoms with Crippen LogP contribution >= 0.6 is 22.9 Å². The topological polar surface area (TPSA) is 172 Å². The molecule has 5 aromatic rings. The van der Waals surface area contributed by atoms with E-state index in [1.54, 1.807) is 62.8 Å². The molecule has 3 aliphatic rings. The number of anilines is 1. The summed E-state index contributed by atoms with van der Waals surface area (Å²) in [6, 6.07) is 15.9. The molecule has 0 unspecified atom stereocenters. The number of aryl methyl sites for hydroxylation is 1. The lowest BCUT2D eigenvalue weighted by molar-refractivity contribution is -0.145. The Morgan fingerprint density at radius 1 is 0.895 bits per heavy atom. The van der Waals surface area contributed by atoms with Crippen molar-refractivity contribution in [1.29, 1.82) is 0 Å². The number of rotatable bonds is 23. The Balaban J connectivity index is 0.745. The number of thiazole rings is 1. The highest BCUT2D eigenvalue weighted by molar-refractivity contribution is 7.13. The smallest absolute Gasteiger partial charge is 0.258 e. The number of halogens is 3. The molecule has 2 aromatic heterocycles. The lowest BCUT2D eigenvalue weighted by atomic mass is 9.73. The Morgan fingerprint density at radius 3 is 2.26 bits per heavy atom. The van der Waals surface area contributed by atoms with Crippen molar-refractivity contribution in [3.05, 3.63) is 100 Å². The molecule has 2 saturated carbocycles. The van der Waals surface area contributed by atoms with Gasteiger partial charge in [-0.15, -0.1) is 11.3 Å². The van der Waals surface area contributed by atoms with Crippen molar-refractivity contribution in [3.63, 3.8) is 0 Å². The van der Waals surface area contributed by atoms with Crippen molar-refractivity contribution >= 4 is 63.2 Å². The molecule has 0 bridgehead atoms. The number of hydrogen-bond acceptors (Lipinski definition) is 10. The van der Waals surface area contributed by atoms with Gasteiger partial charge in [0.15, 0.2) is 5.67 Å². The van der Waals surface area contributed by atoms with E-state index in [1.807, 2.05) is 38.1 Å². The fourth-order valence-corrected chi connectivity index (χ4v) is 11.6. The number of aliphatic hydroxyl groups excluding tert-OH is 1. The normalized spacial score (nSPS) is 19.9. The maximum Gasteiger partial charge on any atom is 0.258 e. The molecule has 3 aromatic carbocycles. The van der Waals surface area contributed by atoms with Crippen molar-refractivity contribution in [2.45, 2.75) is 161 Å². The van der Waals surface area contributed by atoms with Gasteiger partial charge in [-0.1, -0.05) is 83.5 Å². The number of hydrogen-bond donors (Lipinski definition) is 4. The molecular weight excluding hydrogens is 1010 g/mol. The number of benzene rings is 3. The zero-order chi connectivity index (χ0) is 54.1. The number of fused-ring (bicyclic) bond motifs is 1. The second-order valence-corrected chi connectivity index (χ2v) is 23.5. The van der Waals surface area contributed by atoms with Crippen molar-refractivity contribution in [3.8, 4) is 21.9 Å². The standard InChI is InChI=1S/C59H73ClF2N6O7S/c1-36(38-13-15-39(16-14-38)45-23-26-63-48-22-19-42(61)30-46(45)48)54(70)66-43-20-21-47(60)51(31-43)75-28-12-10-8-6-7-9-11-27-74-50-29-40(52-37(2)65-35-76-52)17-18-41(50)33-64-55(71)49-32-44(69)34-68(49)56(72)53(58(3,4)5)67-57(73)59(62)24-25-59/h17-23,26,29-31,35-36,38-39,44,49,53,69H,6-16,24-25,27-28,32-34H2,1-5H3,(H,64,71)(H,66,70)(H,67,73)/t36-,38?,39?,44-,49+,53-/m1/s1. The van der Waals surface area contributed by atoms with Crippen LogP contribution < -0.4 is 25.4 Å². The first kappa shape index (κ1) is 56.5. The minimum Gasteiger partial charge on any atom is -0.493 e. The van der Waals surface area contributed by atoms with Crippen LogP contribution in [-0.4, -0.2) is 87.2 Å². The van der Waals surface area contributed by atoms with E-state index in [4.69, 9.17) is 21.1 Å². The summed E-state index contributed by atoms with van der Waals surface area (Å²) in [5, 5.41) is 20.7. The Hall–Kier alpha value is -5.71. The first-order valence-corrected chi connectivity index (χ1v) is 28.3. The summed E-state index contributed by atoms with van der Waals surface area (Å²) in [5.41, 5.74) is 4.25. The summed E-state index contributed by atoms with van der Waals surface area (Å²) in [7, 11) is 0. The number of pyridine rings is 1. The zero-order valence-corrected chi connectivity index (χ0v) is 46.0. The van der Waals surface area contributed by atoms with Gasteiger partial charge in [0.1, 0.15) is 29.4 Å². The van der Waals surface area contributed by atoms with Gasteiger partial charge in [0.2, 0.25) is 17.7 Å². The van der Waals surface area contributed by atoms with Crippen LogP contribution in [0.15, 0.2) is 72.4 Å². The van der Waals surface area contributed by atoms with Crippen LogP contribution in [0.1, 0.15) is 140 Å². The quantitative estimate of drug-likeness (QED) is 0.0465. The number of β-amino-alcohol motifs (C(OH)–C–C–N with tert-alkyl or cyclic N) is 1. The van der Waals surface area contributed by atoms with Gasteiger partial charge in [-0.25, -0.2) is 13.8 Å². The fourth-order valence-electron chi connectivity index (χ4n) is 10.6. The number of nitrogens with one attached hydrogen (secondary N) is 3. The molecule has 1 aliphatic heterocycles. The van der Waals surface area contributed by atoms with E-state index in [0.29, 0.717) is 41.3 Å². The number of nitrogens with zero attached hydrogens (tertiary/aromatic N) is 3. The number of amides is 4. The Morgan fingerprint density at radius 2 is 1.59 bits per heavy atom. The number of aromatic nitrogens is 2. The molecule has 13 nitrogen and oxygen atoms in total. The highest BCUT2D eigenvalue weighted by Gasteiger charge is 2.53. The zero-order valence-electron chi connectivity index (χ0n) is 44.4. The molecule has 8 rings (SSSR count). The molecule has 4 atom stereocenters. The predicted octanol–water partition coefficient (Wildman–Crippen LogP) is 11.8. The van der Waals surface area contributed by atoms with Crippen LogP contribution in [-0.2, 0) is 25.7 Å². The molecule has 76 heavy (non-hydrogen) atoms. The summed E-state index contributed by atoms with van der Waals surface area (Å²) < 4.78 is 41.3. The lowest BCUT2D eigenvalue weighted by Crippen LogP contribution is -2.59. The third kappa shape index (κ3) is 14.3. The summed E-state index contributed by atoms with van der Waals surface area (Å²) in [4.78, 5) is 65.1. The summed E-state index contributed by atoms with van der Waals surface area (Å²) in [6.45, 7) is 10.3.